The number of aromatic nitrogens is 1. The number of hydrogen-bond acceptors (Lipinski definition) is 2. The Kier molecular flexibility index (Phi) is 4.04. The lowest BCUT2D eigenvalue weighted by atomic mass is 10.1. The molecule has 0 saturated carbocycles. The van der Waals surface area contributed by atoms with Crippen molar-refractivity contribution in [2.24, 2.45) is 0 Å². The van der Waals surface area contributed by atoms with E-state index in [4.69, 9.17) is 0 Å². The Morgan fingerprint density at radius 1 is 1.47 bits per heavy atom. The van der Waals surface area contributed by atoms with Gasteiger partial charge in [-0.1, -0.05) is 11.6 Å². The number of nitrogens with one attached hydrogen (secondary N) is 1. The average molecular weight is 261 g/mol. The van der Waals surface area contributed by atoms with Crippen LogP contribution < -0.4 is 10.9 Å². The van der Waals surface area contributed by atoms with E-state index in [2.05, 4.69) is 11.4 Å². The van der Waals surface area contributed by atoms with Crippen LogP contribution in [0.3, 0.4) is 0 Å². The van der Waals surface area contributed by atoms with Gasteiger partial charge in [-0.15, -0.1) is 0 Å². The Morgan fingerprint density at radius 3 is 2.95 bits per heavy atom. The SMILES string of the molecule is CCn1cccc(NC(=O)N2CCC=C(C)C2)c1=O. The highest BCUT2D eigenvalue weighted by molar-refractivity contribution is 5.89. The first-order valence-electron chi connectivity index (χ1n) is 6.53. The lowest BCUT2D eigenvalue weighted by Gasteiger charge is -2.26. The molecular formula is C14H19N3O2. The van der Waals surface area contributed by atoms with Crippen molar-refractivity contribution in [1.29, 1.82) is 0 Å². The monoisotopic (exact) mass is 261 g/mol. The van der Waals surface area contributed by atoms with Crippen LogP contribution in [0, 0.1) is 0 Å². The summed E-state index contributed by atoms with van der Waals surface area (Å²) in [5.74, 6) is 0. The van der Waals surface area contributed by atoms with E-state index in [0.717, 1.165) is 6.42 Å². The molecule has 2 rings (SSSR count). The quantitative estimate of drug-likeness (QED) is 0.828. The molecule has 1 aromatic rings. The van der Waals surface area contributed by atoms with E-state index in [1.807, 2.05) is 13.8 Å². The van der Waals surface area contributed by atoms with Gasteiger partial charge in [-0.3, -0.25) is 4.79 Å². The van der Waals surface area contributed by atoms with Crippen molar-refractivity contribution in [2.45, 2.75) is 26.8 Å². The van der Waals surface area contributed by atoms with Gasteiger partial charge in [-0.2, -0.15) is 0 Å². The van der Waals surface area contributed by atoms with E-state index >= 15 is 0 Å². The zero-order valence-electron chi connectivity index (χ0n) is 11.3. The molecule has 0 unspecified atom stereocenters. The largest absolute Gasteiger partial charge is 0.322 e. The molecule has 0 fully saturated rings. The Hall–Kier alpha value is -2.04. The fourth-order valence-corrected chi connectivity index (χ4v) is 2.16. The summed E-state index contributed by atoms with van der Waals surface area (Å²) in [6.07, 6.45) is 4.72. The van der Waals surface area contributed by atoms with Gasteiger partial charge in [0.2, 0.25) is 0 Å². The highest BCUT2D eigenvalue weighted by atomic mass is 16.2. The summed E-state index contributed by atoms with van der Waals surface area (Å²) in [5.41, 5.74) is 1.35. The first-order valence-corrected chi connectivity index (χ1v) is 6.53. The van der Waals surface area contributed by atoms with Gasteiger partial charge < -0.3 is 14.8 Å². The van der Waals surface area contributed by atoms with Gasteiger partial charge in [0.1, 0.15) is 5.69 Å². The van der Waals surface area contributed by atoms with Gasteiger partial charge in [0, 0.05) is 25.8 Å². The molecule has 0 bridgehead atoms. The molecule has 1 aliphatic rings. The molecule has 0 atom stereocenters. The lowest BCUT2D eigenvalue weighted by molar-refractivity contribution is 0.215. The number of rotatable bonds is 2. The summed E-state index contributed by atoms with van der Waals surface area (Å²) in [4.78, 5) is 25.8. The molecule has 0 radical (unpaired) electrons. The van der Waals surface area contributed by atoms with Crippen molar-refractivity contribution in [3.63, 3.8) is 0 Å². The van der Waals surface area contributed by atoms with E-state index in [1.165, 1.54) is 5.57 Å². The molecule has 0 aliphatic carbocycles. The molecule has 0 spiro atoms. The van der Waals surface area contributed by atoms with Crippen LogP contribution in [0.5, 0.6) is 0 Å². The van der Waals surface area contributed by atoms with E-state index in [-0.39, 0.29) is 11.6 Å². The molecule has 2 heterocycles. The predicted octanol–water partition coefficient (Wildman–Crippen LogP) is 2.05. The van der Waals surface area contributed by atoms with Gasteiger partial charge in [0.15, 0.2) is 0 Å². The second kappa shape index (κ2) is 5.73. The number of carbonyl (C=O) groups excluding carboxylic acids is 1. The van der Waals surface area contributed by atoms with Gasteiger partial charge >= 0.3 is 6.03 Å². The second-order valence-corrected chi connectivity index (χ2v) is 4.70. The van der Waals surface area contributed by atoms with E-state index in [0.29, 0.717) is 25.3 Å². The standard InChI is InChI=1S/C14H19N3O2/c1-3-16-8-5-7-12(13(16)18)15-14(19)17-9-4-6-11(2)10-17/h5-8H,3-4,9-10H2,1-2H3,(H,15,19). The third-order valence-corrected chi connectivity index (χ3v) is 3.22. The Morgan fingerprint density at radius 2 is 2.26 bits per heavy atom. The molecule has 1 aromatic heterocycles. The van der Waals surface area contributed by atoms with Crippen molar-refractivity contribution in [2.75, 3.05) is 18.4 Å². The van der Waals surface area contributed by atoms with Crippen molar-refractivity contribution in [3.05, 3.63) is 40.3 Å². The van der Waals surface area contributed by atoms with Crippen molar-refractivity contribution < 1.29 is 4.79 Å². The molecule has 1 N–H and O–H groups in total. The van der Waals surface area contributed by atoms with Crippen LogP contribution in [0.25, 0.3) is 0 Å². The maximum atomic E-state index is 12.1. The average Bonchev–Trinajstić information content (AvgIpc) is 2.41. The maximum absolute atomic E-state index is 12.1. The lowest BCUT2D eigenvalue weighted by Crippen LogP contribution is -2.39. The number of hydrogen-bond donors (Lipinski definition) is 1. The smallest absolute Gasteiger partial charge is 0.320 e. The zero-order valence-corrected chi connectivity index (χ0v) is 11.3. The number of anilines is 1. The van der Waals surface area contributed by atoms with Crippen molar-refractivity contribution >= 4 is 11.7 Å². The van der Waals surface area contributed by atoms with Crippen LogP contribution >= 0.6 is 0 Å². The van der Waals surface area contributed by atoms with Crippen LogP contribution in [-0.2, 0) is 6.54 Å². The van der Waals surface area contributed by atoms with Crippen LogP contribution in [-0.4, -0.2) is 28.6 Å². The molecule has 102 valence electrons. The molecule has 5 heteroatoms. The zero-order chi connectivity index (χ0) is 13.8. The number of aryl methyl sites for hydroxylation is 1. The number of urea groups is 1. The molecule has 0 saturated heterocycles. The van der Waals surface area contributed by atoms with Crippen LogP contribution in [0.2, 0.25) is 0 Å². The van der Waals surface area contributed by atoms with Crippen LogP contribution in [0.4, 0.5) is 10.5 Å². The normalized spacial score (nSPS) is 15.1. The summed E-state index contributed by atoms with van der Waals surface area (Å²) in [5, 5.41) is 2.70. The number of nitrogens with zero attached hydrogens (tertiary/aromatic N) is 2. The second-order valence-electron chi connectivity index (χ2n) is 4.70. The number of pyridine rings is 1. The summed E-state index contributed by atoms with van der Waals surface area (Å²) < 4.78 is 1.57. The number of amides is 2. The Bertz CT molecular complexity index is 560. The molecule has 19 heavy (non-hydrogen) atoms. The van der Waals surface area contributed by atoms with Crippen molar-refractivity contribution in [3.8, 4) is 0 Å². The molecule has 2 amide bonds. The minimum absolute atomic E-state index is 0.164. The van der Waals surface area contributed by atoms with Crippen LogP contribution in [0.15, 0.2) is 34.8 Å². The summed E-state index contributed by atoms with van der Waals surface area (Å²) in [6, 6.07) is 3.19. The highest BCUT2D eigenvalue weighted by Gasteiger charge is 2.17. The molecule has 0 aromatic carbocycles. The summed E-state index contributed by atoms with van der Waals surface area (Å²) in [6.45, 7) is 5.81. The van der Waals surface area contributed by atoms with E-state index in [9.17, 15) is 9.59 Å². The van der Waals surface area contributed by atoms with Gasteiger partial charge in [0.25, 0.3) is 5.56 Å². The third kappa shape index (κ3) is 3.05. The molecular weight excluding hydrogens is 242 g/mol. The van der Waals surface area contributed by atoms with Gasteiger partial charge in [-0.05, 0) is 32.4 Å². The highest BCUT2D eigenvalue weighted by Crippen LogP contribution is 2.10. The first kappa shape index (κ1) is 13.4. The van der Waals surface area contributed by atoms with E-state index in [1.54, 1.807) is 27.8 Å². The molecule has 5 nitrogen and oxygen atoms in total. The Balaban J connectivity index is 2.11. The number of carbonyl (C=O) groups is 1. The molecule has 1 aliphatic heterocycles. The fraction of sp³-hybridized carbons (Fsp3) is 0.429. The van der Waals surface area contributed by atoms with E-state index < -0.39 is 0 Å². The van der Waals surface area contributed by atoms with Crippen LogP contribution in [0.1, 0.15) is 20.3 Å². The topological polar surface area (TPSA) is 54.3 Å². The minimum atomic E-state index is -0.210. The fourth-order valence-electron chi connectivity index (χ4n) is 2.16. The summed E-state index contributed by atoms with van der Waals surface area (Å²) in [7, 11) is 0. The van der Waals surface area contributed by atoms with Crippen molar-refractivity contribution in [1.82, 2.24) is 9.47 Å². The van der Waals surface area contributed by atoms with Gasteiger partial charge in [0.05, 0.1) is 0 Å². The predicted molar refractivity (Wildman–Crippen MR) is 75.3 cm³/mol. The summed E-state index contributed by atoms with van der Waals surface area (Å²) >= 11 is 0. The Labute approximate surface area is 112 Å². The third-order valence-electron chi connectivity index (χ3n) is 3.22. The first-order chi connectivity index (χ1) is 9.11. The van der Waals surface area contributed by atoms with Gasteiger partial charge in [-0.25, -0.2) is 4.79 Å². The maximum Gasteiger partial charge on any atom is 0.322 e. The minimum Gasteiger partial charge on any atom is -0.320 e.